The highest BCUT2D eigenvalue weighted by Crippen LogP contribution is 2.60. The molecular formula is C61H46N2OS. The lowest BCUT2D eigenvalue weighted by Gasteiger charge is -2.36. The zero-order valence-corrected chi connectivity index (χ0v) is 37.5. The van der Waals surface area contributed by atoms with Crippen molar-refractivity contribution in [1.82, 2.24) is 9.97 Å². The number of nitrogens with zero attached hydrogens (tertiary/aromatic N) is 2. The van der Waals surface area contributed by atoms with Gasteiger partial charge in [0.1, 0.15) is 11.3 Å². The monoisotopic (exact) mass is 854 g/mol. The molecule has 0 unspecified atom stereocenters. The molecule has 4 aliphatic carbocycles. The molecule has 0 aliphatic heterocycles. The van der Waals surface area contributed by atoms with E-state index in [4.69, 9.17) is 14.4 Å². The molecule has 3 nitrogen and oxygen atoms in total. The Hall–Kier alpha value is -6.88. The van der Waals surface area contributed by atoms with E-state index in [9.17, 15) is 0 Å². The van der Waals surface area contributed by atoms with Crippen molar-refractivity contribution in [1.29, 1.82) is 0 Å². The molecule has 4 heteroatoms. The molecule has 0 bridgehead atoms. The van der Waals surface area contributed by atoms with Gasteiger partial charge in [-0.25, -0.2) is 9.97 Å². The second-order valence-corrected chi connectivity index (χ2v) is 20.5. The summed E-state index contributed by atoms with van der Waals surface area (Å²) in [5.41, 5.74) is 21.5. The summed E-state index contributed by atoms with van der Waals surface area (Å²) in [6.45, 7) is 4.82. The Morgan fingerprint density at radius 3 is 2.18 bits per heavy atom. The van der Waals surface area contributed by atoms with E-state index < -0.39 is 0 Å². The zero-order valence-electron chi connectivity index (χ0n) is 36.7. The number of fused-ring (bicyclic) bond motifs is 14. The van der Waals surface area contributed by atoms with Crippen LogP contribution in [0.4, 0.5) is 0 Å². The average molecular weight is 855 g/mol. The zero-order chi connectivity index (χ0) is 43.0. The van der Waals surface area contributed by atoms with Crippen molar-refractivity contribution in [2.24, 2.45) is 0 Å². The SMILES string of the molecule is CC1(C)c2ccccc2-c2cc3c(cc21)-c1cc(-c2ccc4sc5c(-c6cc(-c7ccc8c9c(oc8c7)C=CCC9)nc(-c7ccccc7)n6)cccc5c4c2)ccc1C31CCCCC1. The molecule has 1 fully saturated rings. The number of rotatable bonds is 4. The fraction of sp³-hybridized carbons (Fsp3) is 0.180. The normalized spacial score (nSPS) is 16.2. The van der Waals surface area contributed by atoms with Crippen molar-refractivity contribution in [3.8, 4) is 67.3 Å². The van der Waals surface area contributed by atoms with Crippen LogP contribution in [0.25, 0.3) is 105 Å². The molecule has 312 valence electrons. The number of aromatic nitrogens is 2. The standard InChI is InChI=1S/C61H46N2OS/c1-60(2)49-20-9-7-16-40(49)46-34-52-47(33-51(46)60)45-30-37(23-26-50(45)61(52)28-11-4-12-29-61)38-24-27-57-48(31-38)43-18-13-19-44(58(43)65-57)54-35-53(62-59(63-54)36-14-5-3-6-15-36)39-22-25-42-41-17-8-10-21-55(41)64-56(42)32-39/h3,5-7,9-10,13-16,18-27,30-35H,4,8,11-12,17,28-29H2,1-2H3. The lowest BCUT2D eigenvalue weighted by atomic mass is 9.67. The van der Waals surface area contributed by atoms with Crippen LogP contribution in [0.3, 0.4) is 0 Å². The Morgan fingerprint density at radius 2 is 1.28 bits per heavy atom. The van der Waals surface area contributed by atoms with Gasteiger partial charge >= 0.3 is 0 Å². The molecule has 4 aliphatic rings. The summed E-state index contributed by atoms with van der Waals surface area (Å²) < 4.78 is 8.90. The first kappa shape index (κ1) is 37.5. The van der Waals surface area contributed by atoms with Crippen molar-refractivity contribution < 1.29 is 4.42 Å². The topological polar surface area (TPSA) is 38.9 Å². The van der Waals surface area contributed by atoms with Gasteiger partial charge in [-0.15, -0.1) is 11.3 Å². The van der Waals surface area contributed by atoms with Crippen LogP contribution < -0.4 is 0 Å². The highest BCUT2D eigenvalue weighted by Gasteiger charge is 2.46. The second kappa shape index (κ2) is 13.8. The predicted octanol–water partition coefficient (Wildman–Crippen LogP) is 16.8. The Morgan fingerprint density at radius 1 is 0.523 bits per heavy atom. The van der Waals surface area contributed by atoms with Crippen LogP contribution in [-0.2, 0) is 17.3 Å². The molecular weight excluding hydrogens is 809 g/mol. The lowest BCUT2D eigenvalue weighted by Crippen LogP contribution is -2.28. The van der Waals surface area contributed by atoms with E-state index in [2.05, 4.69) is 166 Å². The van der Waals surface area contributed by atoms with E-state index >= 15 is 0 Å². The Balaban J connectivity index is 0.891. The summed E-state index contributed by atoms with van der Waals surface area (Å²) in [7, 11) is 0. The number of aryl methyl sites for hydroxylation is 1. The Labute approximate surface area is 383 Å². The summed E-state index contributed by atoms with van der Waals surface area (Å²) in [4.78, 5) is 10.5. The summed E-state index contributed by atoms with van der Waals surface area (Å²) >= 11 is 1.86. The summed E-state index contributed by atoms with van der Waals surface area (Å²) in [5, 5.41) is 3.73. The van der Waals surface area contributed by atoms with Crippen LogP contribution in [0.5, 0.6) is 0 Å². The Kier molecular flexibility index (Phi) is 7.97. The lowest BCUT2D eigenvalue weighted by molar-refractivity contribution is 0.353. The summed E-state index contributed by atoms with van der Waals surface area (Å²) in [6, 6.07) is 54.6. The van der Waals surface area contributed by atoms with E-state index in [0.717, 1.165) is 52.3 Å². The molecule has 14 rings (SSSR count). The van der Waals surface area contributed by atoms with Crippen LogP contribution in [0.2, 0.25) is 0 Å². The molecule has 10 aromatic rings. The first-order valence-corrected chi connectivity index (χ1v) is 24.3. The number of thiophene rings is 1. The van der Waals surface area contributed by atoms with Crippen LogP contribution in [0.1, 0.15) is 85.9 Å². The largest absolute Gasteiger partial charge is 0.456 e. The van der Waals surface area contributed by atoms with E-state index in [1.165, 1.54) is 113 Å². The van der Waals surface area contributed by atoms with Gasteiger partial charge in [-0.05, 0) is 130 Å². The number of furan rings is 1. The van der Waals surface area contributed by atoms with Gasteiger partial charge < -0.3 is 4.42 Å². The minimum Gasteiger partial charge on any atom is -0.456 e. The molecule has 0 N–H and O–H groups in total. The van der Waals surface area contributed by atoms with Gasteiger partial charge in [0, 0.05) is 58.6 Å². The molecule has 3 aromatic heterocycles. The van der Waals surface area contributed by atoms with Gasteiger partial charge in [0.25, 0.3) is 0 Å². The molecule has 0 radical (unpaired) electrons. The van der Waals surface area contributed by atoms with Crippen LogP contribution in [0, 0.1) is 0 Å². The van der Waals surface area contributed by atoms with Crippen molar-refractivity contribution in [3.05, 3.63) is 185 Å². The summed E-state index contributed by atoms with van der Waals surface area (Å²) in [5.74, 6) is 1.69. The van der Waals surface area contributed by atoms with Gasteiger partial charge in [0.05, 0.1) is 11.4 Å². The number of hydrogen-bond donors (Lipinski definition) is 0. The van der Waals surface area contributed by atoms with Crippen molar-refractivity contribution >= 4 is 48.6 Å². The number of allylic oxidation sites excluding steroid dienone is 1. The summed E-state index contributed by atoms with van der Waals surface area (Å²) in [6.07, 6.45) is 12.7. The van der Waals surface area contributed by atoms with Crippen molar-refractivity contribution in [3.63, 3.8) is 0 Å². The van der Waals surface area contributed by atoms with Gasteiger partial charge in [-0.3, -0.25) is 0 Å². The number of hydrogen-bond acceptors (Lipinski definition) is 4. The van der Waals surface area contributed by atoms with E-state index in [1.54, 1.807) is 5.56 Å². The number of benzene rings is 7. The molecule has 7 aromatic carbocycles. The highest BCUT2D eigenvalue weighted by atomic mass is 32.1. The van der Waals surface area contributed by atoms with Gasteiger partial charge in [-0.2, -0.15) is 0 Å². The maximum Gasteiger partial charge on any atom is 0.160 e. The van der Waals surface area contributed by atoms with Gasteiger partial charge in [0.2, 0.25) is 0 Å². The maximum atomic E-state index is 6.38. The Bertz CT molecular complexity index is 3670. The van der Waals surface area contributed by atoms with Crippen LogP contribution >= 0.6 is 11.3 Å². The minimum absolute atomic E-state index is 0.0346. The van der Waals surface area contributed by atoms with Gasteiger partial charge in [-0.1, -0.05) is 142 Å². The van der Waals surface area contributed by atoms with Crippen molar-refractivity contribution in [2.75, 3.05) is 0 Å². The predicted molar refractivity (Wildman–Crippen MR) is 271 cm³/mol. The molecule has 1 saturated carbocycles. The second-order valence-electron chi connectivity index (χ2n) is 19.4. The molecule has 0 saturated heterocycles. The first-order valence-electron chi connectivity index (χ1n) is 23.5. The molecule has 0 atom stereocenters. The quantitative estimate of drug-likeness (QED) is 0.177. The molecule has 65 heavy (non-hydrogen) atoms. The fourth-order valence-electron chi connectivity index (χ4n) is 12.3. The first-order chi connectivity index (χ1) is 31.9. The average Bonchev–Trinajstić information content (AvgIpc) is 4.06. The van der Waals surface area contributed by atoms with Crippen molar-refractivity contribution in [2.45, 2.75) is 69.6 Å². The van der Waals surface area contributed by atoms with E-state index in [-0.39, 0.29) is 10.8 Å². The van der Waals surface area contributed by atoms with E-state index in [0.29, 0.717) is 5.82 Å². The van der Waals surface area contributed by atoms with Crippen LogP contribution in [-0.4, -0.2) is 9.97 Å². The molecule has 0 amide bonds. The third kappa shape index (κ3) is 5.47. The van der Waals surface area contributed by atoms with Crippen LogP contribution in [0.15, 0.2) is 156 Å². The highest BCUT2D eigenvalue weighted by molar-refractivity contribution is 7.26. The maximum absolute atomic E-state index is 6.38. The fourth-order valence-corrected chi connectivity index (χ4v) is 13.5. The molecule has 1 spiro atoms. The van der Waals surface area contributed by atoms with E-state index in [1.807, 2.05) is 17.4 Å². The minimum atomic E-state index is -0.0346. The third-order valence-corrected chi connectivity index (χ3v) is 16.8. The molecule has 3 heterocycles. The van der Waals surface area contributed by atoms with Gasteiger partial charge in [0.15, 0.2) is 5.82 Å². The third-order valence-electron chi connectivity index (χ3n) is 15.6. The smallest absolute Gasteiger partial charge is 0.160 e.